The van der Waals surface area contributed by atoms with Crippen molar-refractivity contribution in [1.82, 2.24) is 10.3 Å². The molecule has 1 aromatic heterocycles. The van der Waals surface area contributed by atoms with E-state index in [9.17, 15) is 22.4 Å². The number of halogens is 5. The summed E-state index contributed by atoms with van der Waals surface area (Å²) in [4.78, 5) is 12.2. The molecule has 0 bridgehead atoms. The summed E-state index contributed by atoms with van der Waals surface area (Å²) < 4.78 is 56.4. The van der Waals surface area contributed by atoms with Crippen molar-refractivity contribution >= 4 is 39.2 Å². The normalized spacial score (nSPS) is 11.3. The lowest BCUT2D eigenvalue weighted by atomic mass is 10.1. The van der Waals surface area contributed by atoms with Crippen molar-refractivity contribution < 1.29 is 27.0 Å². The minimum atomic E-state index is -4.47. The Kier molecular flexibility index (Phi) is 6.68. The number of aromatic nitrogens is 2. The van der Waals surface area contributed by atoms with E-state index < -0.39 is 23.5 Å². The van der Waals surface area contributed by atoms with Crippen LogP contribution in [0.4, 0.5) is 29.1 Å². The van der Waals surface area contributed by atoms with Crippen molar-refractivity contribution in [2.45, 2.75) is 19.0 Å². The number of nitrogens with one attached hydrogen (secondary N) is 3. The summed E-state index contributed by atoms with van der Waals surface area (Å²) in [5, 5.41) is 20.3. The van der Waals surface area contributed by atoms with Crippen LogP contribution in [0, 0.1) is 11.2 Å². The quantitative estimate of drug-likeness (QED) is 0.251. The van der Waals surface area contributed by atoms with Crippen molar-refractivity contribution in [2.75, 3.05) is 10.6 Å². The molecule has 0 aliphatic heterocycles. The third-order valence-electron chi connectivity index (χ3n) is 4.07. The van der Waals surface area contributed by atoms with E-state index in [1.807, 2.05) is 0 Å². The van der Waals surface area contributed by atoms with Crippen LogP contribution in [-0.4, -0.2) is 22.1 Å². The van der Waals surface area contributed by atoms with E-state index in [0.29, 0.717) is 11.3 Å². The lowest BCUT2D eigenvalue weighted by Crippen LogP contribution is -2.18. The molecular weight excluding hydrogens is 486 g/mol. The molecule has 162 valence electrons. The standard InChI is InChI=1S/C19H14BrF4N5O2/c20-13-9-12(5-6-14(13)21)26-17(25)16-18(29-31-28-16)27-15(30)7-4-10-2-1-3-11(8-10)19(22,23)24/h1-3,5-6,8-9H,4,7H2,(H2,25,26)(H,27,29,30). The van der Waals surface area contributed by atoms with E-state index in [1.165, 1.54) is 30.3 Å². The van der Waals surface area contributed by atoms with Crippen molar-refractivity contribution in [1.29, 1.82) is 5.41 Å². The maximum absolute atomic E-state index is 13.3. The van der Waals surface area contributed by atoms with Crippen LogP contribution in [0.2, 0.25) is 0 Å². The molecule has 0 unspecified atom stereocenters. The summed E-state index contributed by atoms with van der Waals surface area (Å²) in [5.41, 5.74) is -0.170. The minimum Gasteiger partial charge on any atom is -0.339 e. The van der Waals surface area contributed by atoms with E-state index >= 15 is 0 Å². The Bertz CT molecular complexity index is 1120. The van der Waals surface area contributed by atoms with Crippen molar-refractivity contribution in [3.8, 4) is 0 Å². The average molecular weight is 500 g/mol. The summed E-state index contributed by atoms with van der Waals surface area (Å²) in [6.45, 7) is 0. The van der Waals surface area contributed by atoms with Crippen LogP contribution in [0.1, 0.15) is 23.2 Å². The van der Waals surface area contributed by atoms with Gasteiger partial charge in [-0.2, -0.15) is 13.2 Å². The minimum absolute atomic E-state index is 0.0651. The van der Waals surface area contributed by atoms with Gasteiger partial charge in [-0.1, -0.05) is 18.2 Å². The number of hydrogen-bond acceptors (Lipinski definition) is 5. The van der Waals surface area contributed by atoms with Gasteiger partial charge in [-0.05, 0) is 62.5 Å². The molecular formula is C19H14BrF4N5O2. The number of hydrogen-bond donors (Lipinski definition) is 3. The maximum Gasteiger partial charge on any atom is 0.416 e. The number of rotatable bonds is 6. The predicted molar refractivity (Wildman–Crippen MR) is 107 cm³/mol. The topological polar surface area (TPSA) is 104 Å². The summed E-state index contributed by atoms with van der Waals surface area (Å²) >= 11 is 3.03. The number of amides is 1. The highest BCUT2D eigenvalue weighted by atomic mass is 79.9. The van der Waals surface area contributed by atoms with Crippen LogP contribution >= 0.6 is 15.9 Å². The van der Waals surface area contributed by atoms with Crippen molar-refractivity contribution in [3.05, 3.63) is 69.6 Å². The van der Waals surface area contributed by atoms with E-state index in [1.54, 1.807) is 0 Å². The number of alkyl halides is 3. The third-order valence-corrected chi connectivity index (χ3v) is 4.67. The molecule has 7 nitrogen and oxygen atoms in total. The van der Waals surface area contributed by atoms with Crippen LogP contribution in [0.25, 0.3) is 0 Å². The molecule has 0 aliphatic rings. The SMILES string of the molecule is N=C(Nc1ccc(F)c(Br)c1)c1nonc1NC(=O)CCc1cccc(C(F)(F)F)c1. The Balaban J connectivity index is 1.61. The van der Waals surface area contributed by atoms with Crippen LogP contribution < -0.4 is 10.6 Å². The van der Waals surface area contributed by atoms with E-state index in [-0.39, 0.29) is 34.7 Å². The second-order valence-corrected chi connectivity index (χ2v) is 7.19. The van der Waals surface area contributed by atoms with Gasteiger partial charge >= 0.3 is 6.18 Å². The zero-order valence-corrected chi connectivity index (χ0v) is 17.1. The van der Waals surface area contributed by atoms with Gasteiger partial charge in [0.25, 0.3) is 0 Å². The van der Waals surface area contributed by atoms with E-state index in [0.717, 1.165) is 12.1 Å². The zero-order valence-electron chi connectivity index (χ0n) is 15.6. The van der Waals surface area contributed by atoms with E-state index in [2.05, 4.69) is 41.5 Å². The van der Waals surface area contributed by atoms with Gasteiger partial charge in [0, 0.05) is 12.1 Å². The van der Waals surface area contributed by atoms with Gasteiger partial charge in [-0.15, -0.1) is 0 Å². The molecule has 0 radical (unpaired) electrons. The fourth-order valence-electron chi connectivity index (χ4n) is 2.57. The van der Waals surface area contributed by atoms with Crippen LogP contribution in [0.3, 0.4) is 0 Å². The van der Waals surface area contributed by atoms with Crippen molar-refractivity contribution in [2.24, 2.45) is 0 Å². The Morgan fingerprint density at radius 1 is 1.13 bits per heavy atom. The van der Waals surface area contributed by atoms with Crippen LogP contribution in [-0.2, 0) is 17.4 Å². The highest BCUT2D eigenvalue weighted by Crippen LogP contribution is 2.29. The first-order chi connectivity index (χ1) is 14.6. The van der Waals surface area contributed by atoms with E-state index in [4.69, 9.17) is 5.41 Å². The molecule has 0 saturated carbocycles. The van der Waals surface area contributed by atoms with Gasteiger partial charge in [-0.25, -0.2) is 9.02 Å². The second-order valence-electron chi connectivity index (χ2n) is 6.34. The number of aryl methyl sites for hydroxylation is 1. The molecule has 3 rings (SSSR count). The largest absolute Gasteiger partial charge is 0.416 e. The van der Waals surface area contributed by atoms with Crippen LogP contribution in [0.5, 0.6) is 0 Å². The van der Waals surface area contributed by atoms with Gasteiger partial charge < -0.3 is 10.6 Å². The zero-order chi connectivity index (χ0) is 22.6. The number of anilines is 2. The van der Waals surface area contributed by atoms with Gasteiger partial charge in [0.05, 0.1) is 10.0 Å². The summed E-state index contributed by atoms with van der Waals surface area (Å²) in [6, 6.07) is 8.70. The van der Waals surface area contributed by atoms with Gasteiger partial charge in [0.2, 0.25) is 11.7 Å². The lowest BCUT2D eigenvalue weighted by molar-refractivity contribution is -0.137. The van der Waals surface area contributed by atoms with Gasteiger partial charge in [0.15, 0.2) is 11.5 Å². The van der Waals surface area contributed by atoms with Crippen molar-refractivity contribution in [3.63, 3.8) is 0 Å². The predicted octanol–water partition coefficient (Wildman–Crippen LogP) is 5.00. The summed E-state index contributed by atoms with van der Waals surface area (Å²) in [5.74, 6) is -1.43. The molecule has 0 atom stereocenters. The highest BCUT2D eigenvalue weighted by Gasteiger charge is 2.30. The highest BCUT2D eigenvalue weighted by molar-refractivity contribution is 9.10. The molecule has 1 amide bonds. The van der Waals surface area contributed by atoms with Gasteiger partial charge in [0.1, 0.15) is 5.82 Å². The molecule has 0 aliphatic carbocycles. The van der Waals surface area contributed by atoms with Gasteiger partial charge in [-0.3, -0.25) is 10.2 Å². The molecule has 12 heteroatoms. The first kappa shape index (κ1) is 22.4. The summed E-state index contributed by atoms with van der Waals surface area (Å²) in [7, 11) is 0. The molecule has 3 aromatic rings. The summed E-state index contributed by atoms with van der Waals surface area (Å²) in [6.07, 6.45) is -4.53. The first-order valence-electron chi connectivity index (χ1n) is 8.73. The molecule has 31 heavy (non-hydrogen) atoms. The first-order valence-corrected chi connectivity index (χ1v) is 9.52. The number of carbonyl (C=O) groups is 1. The fourth-order valence-corrected chi connectivity index (χ4v) is 2.95. The number of amidine groups is 1. The monoisotopic (exact) mass is 499 g/mol. The molecule has 1 heterocycles. The molecule has 0 spiro atoms. The number of nitrogens with zero attached hydrogens (tertiary/aromatic N) is 2. The molecule has 2 aromatic carbocycles. The number of carbonyl (C=O) groups excluding carboxylic acids is 1. The Morgan fingerprint density at radius 2 is 1.90 bits per heavy atom. The van der Waals surface area contributed by atoms with Crippen LogP contribution in [0.15, 0.2) is 51.6 Å². The fraction of sp³-hybridized carbons (Fsp3) is 0.158. The second kappa shape index (κ2) is 9.25. The third kappa shape index (κ3) is 5.87. The maximum atomic E-state index is 13.3. The molecule has 0 fully saturated rings. The number of benzene rings is 2. The average Bonchev–Trinajstić information content (AvgIpc) is 3.17. The Morgan fingerprint density at radius 3 is 2.61 bits per heavy atom. The smallest absolute Gasteiger partial charge is 0.339 e. The molecule has 3 N–H and O–H groups in total. The Hall–Kier alpha value is -3.28. The lowest BCUT2D eigenvalue weighted by Gasteiger charge is -2.09. The Labute approximate surface area is 181 Å². The molecule has 0 saturated heterocycles.